The van der Waals surface area contributed by atoms with Gasteiger partial charge in [0.2, 0.25) is 11.8 Å². The SMILES string of the molecule is C[C@H]1C[C@@]2(CCN1Cc1cnn(CC(=O)N(C)C)c1)C(=O)Nc1ccc(Cl)cc12. The van der Waals surface area contributed by atoms with E-state index < -0.39 is 5.41 Å². The highest BCUT2D eigenvalue weighted by atomic mass is 35.5. The van der Waals surface area contributed by atoms with Crippen molar-refractivity contribution in [1.29, 1.82) is 0 Å². The normalized spacial score (nSPS) is 23.9. The minimum atomic E-state index is -0.502. The molecule has 1 saturated heterocycles. The van der Waals surface area contributed by atoms with Gasteiger partial charge in [0.15, 0.2) is 0 Å². The van der Waals surface area contributed by atoms with Gasteiger partial charge in [-0.1, -0.05) is 11.6 Å². The van der Waals surface area contributed by atoms with Crippen molar-refractivity contribution in [2.45, 2.75) is 44.3 Å². The molecule has 2 aliphatic rings. The van der Waals surface area contributed by atoms with E-state index in [-0.39, 0.29) is 24.4 Å². The fourth-order valence-corrected chi connectivity index (χ4v) is 4.62. The van der Waals surface area contributed by atoms with Gasteiger partial charge in [-0.2, -0.15) is 5.10 Å². The lowest BCUT2D eigenvalue weighted by Crippen LogP contribution is -2.50. The molecule has 1 N–H and O–H groups in total. The highest BCUT2D eigenvalue weighted by Crippen LogP contribution is 2.47. The first-order valence-electron chi connectivity index (χ1n) is 9.85. The third-order valence-corrected chi connectivity index (χ3v) is 6.38. The summed E-state index contributed by atoms with van der Waals surface area (Å²) in [5, 5.41) is 8.01. The maximum atomic E-state index is 12.9. The summed E-state index contributed by atoms with van der Waals surface area (Å²) < 4.78 is 1.68. The number of halogens is 1. The summed E-state index contributed by atoms with van der Waals surface area (Å²) in [6.45, 7) is 3.96. The van der Waals surface area contributed by atoms with Crippen LogP contribution in [0, 0.1) is 0 Å². The highest BCUT2D eigenvalue weighted by molar-refractivity contribution is 6.31. The number of fused-ring (bicyclic) bond motifs is 2. The molecule has 0 unspecified atom stereocenters. The van der Waals surface area contributed by atoms with Crippen molar-refractivity contribution in [2.75, 3.05) is 26.0 Å². The number of rotatable bonds is 4. The standard InChI is InChI=1S/C21H26ClN5O2/c1-14-9-21(17-8-16(22)4-5-18(17)24-20(21)29)6-7-26(14)11-15-10-23-27(12-15)13-19(28)25(2)3/h4-5,8,10,12,14H,6-7,9,11,13H2,1-3H3,(H,24,29)/t14-,21+/m0/s1. The molecule has 2 atom stereocenters. The molecule has 1 fully saturated rings. The van der Waals surface area contributed by atoms with Crippen molar-refractivity contribution in [2.24, 2.45) is 0 Å². The quantitative estimate of drug-likeness (QED) is 0.832. The van der Waals surface area contributed by atoms with Crippen LogP contribution in [0.1, 0.15) is 30.9 Å². The van der Waals surface area contributed by atoms with E-state index in [2.05, 4.69) is 22.2 Å². The fourth-order valence-electron chi connectivity index (χ4n) is 4.45. The number of aromatic nitrogens is 2. The van der Waals surface area contributed by atoms with Gasteiger partial charge >= 0.3 is 0 Å². The molecular weight excluding hydrogens is 390 g/mol. The summed E-state index contributed by atoms with van der Waals surface area (Å²) in [4.78, 5) is 28.7. The molecular formula is C21H26ClN5O2. The van der Waals surface area contributed by atoms with Crippen LogP contribution < -0.4 is 5.32 Å². The Balaban J connectivity index is 1.46. The van der Waals surface area contributed by atoms with Crippen molar-refractivity contribution < 1.29 is 9.59 Å². The minimum Gasteiger partial charge on any atom is -0.347 e. The van der Waals surface area contributed by atoms with Gasteiger partial charge in [-0.15, -0.1) is 0 Å². The summed E-state index contributed by atoms with van der Waals surface area (Å²) >= 11 is 6.22. The Morgan fingerprint density at radius 1 is 1.41 bits per heavy atom. The zero-order chi connectivity index (χ0) is 20.8. The zero-order valence-electron chi connectivity index (χ0n) is 17.0. The lowest BCUT2D eigenvalue weighted by Gasteiger charge is -2.42. The largest absolute Gasteiger partial charge is 0.347 e. The van der Waals surface area contributed by atoms with Crippen LogP contribution in [-0.4, -0.2) is 58.1 Å². The fraction of sp³-hybridized carbons (Fsp3) is 0.476. The van der Waals surface area contributed by atoms with Gasteiger partial charge in [-0.05, 0) is 43.5 Å². The highest BCUT2D eigenvalue weighted by Gasteiger charge is 2.50. The first-order valence-corrected chi connectivity index (χ1v) is 10.2. The molecule has 0 radical (unpaired) electrons. The van der Waals surface area contributed by atoms with Crippen LogP contribution in [0.4, 0.5) is 5.69 Å². The molecule has 8 heteroatoms. The number of carbonyl (C=O) groups excluding carboxylic acids is 2. The van der Waals surface area contributed by atoms with Crippen molar-refractivity contribution in [1.82, 2.24) is 19.6 Å². The molecule has 2 amide bonds. The third-order valence-electron chi connectivity index (χ3n) is 6.14. The number of nitrogens with zero attached hydrogens (tertiary/aromatic N) is 4. The Labute approximate surface area is 175 Å². The van der Waals surface area contributed by atoms with Gasteiger partial charge in [-0.3, -0.25) is 19.2 Å². The molecule has 1 aromatic carbocycles. The molecule has 0 saturated carbocycles. The van der Waals surface area contributed by atoms with Gasteiger partial charge in [0.25, 0.3) is 0 Å². The van der Waals surface area contributed by atoms with E-state index in [9.17, 15) is 9.59 Å². The molecule has 0 aliphatic carbocycles. The molecule has 154 valence electrons. The second-order valence-electron chi connectivity index (χ2n) is 8.33. The predicted molar refractivity (Wildman–Crippen MR) is 112 cm³/mol. The van der Waals surface area contributed by atoms with Crippen molar-refractivity contribution in [3.63, 3.8) is 0 Å². The van der Waals surface area contributed by atoms with E-state index in [1.807, 2.05) is 30.6 Å². The smallest absolute Gasteiger partial charge is 0.243 e. The van der Waals surface area contributed by atoms with Crippen LogP contribution in [0.15, 0.2) is 30.6 Å². The molecule has 2 aromatic rings. The average Bonchev–Trinajstić information content (AvgIpc) is 3.21. The van der Waals surface area contributed by atoms with Crippen LogP contribution in [0.2, 0.25) is 5.02 Å². The van der Waals surface area contributed by atoms with Gasteiger partial charge in [0.05, 0.1) is 11.6 Å². The van der Waals surface area contributed by atoms with Gasteiger partial charge in [-0.25, -0.2) is 0 Å². The summed E-state index contributed by atoms with van der Waals surface area (Å²) in [7, 11) is 3.48. The predicted octanol–water partition coefficient (Wildman–Crippen LogP) is 2.50. The molecule has 1 spiro atoms. The third kappa shape index (κ3) is 3.65. The van der Waals surface area contributed by atoms with E-state index in [1.165, 1.54) is 0 Å². The van der Waals surface area contributed by atoms with Gasteiger partial charge in [0, 0.05) is 55.7 Å². The maximum absolute atomic E-state index is 12.9. The Kier molecular flexibility index (Phi) is 5.12. The number of nitrogens with one attached hydrogen (secondary N) is 1. The van der Waals surface area contributed by atoms with E-state index in [1.54, 1.807) is 23.7 Å². The number of anilines is 1. The average molecular weight is 416 g/mol. The number of benzene rings is 1. The van der Waals surface area contributed by atoms with Crippen LogP contribution in [-0.2, 0) is 28.1 Å². The zero-order valence-corrected chi connectivity index (χ0v) is 17.7. The number of carbonyl (C=O) groups is 2. The number of piperidine rings is 1. The Morgan fingerprint density at radius 3 is 2.93 bits per heavy atom. The van der Waals surface area contributed by atoms with E-state index >= 15 is 0 Å². The summed E-state index contributed by atoms with van der Waals surface area (Å²) in [6, 6.07) is 5.87. The number of likely N-dealkylation sites (tertiary alicyclic amines) is 1. The van der Waals surface area contributed by atoms with Crippen molar-refractivity contribution in [3.05, 3.63) is 46.7 Å². The van der Waals surface area contributed by atoms with Gasteiger partial charge < -0.3 is 10.2 Å². The van der Waals surface area contributed by atoms with E-state index in [0.29, 0.717) is 5.02 Å². The summed E-state index contributed by atoms with van der Waals surface area (Å²) in [5.41, 5.74) is 2.47. The second kappa shape index (κ2) is 7.46. The van der Waals surface area contributed by atoms with E-state index in [4.69, 9.17) is 11.6 Å². The Hall–Kier alpha value is -2.38. The molecule has 2 aliphatic heterocycles. The molecule has 7 nitrogen and oxygen atoms in total. The second-order valence-corrected chi connectivity index (χ2v) is 8.77. The lowest BCUT2D eigenvalue weighted by atomic mass is 9.71. The molecule has 3 heterocycles. The maximum Gasteiger partial charge on any atom is 0.243 e. The molecule has 29 heavy (non-hydrogen) atoms. The topological polar surface area (TPSA) is 70.5 Å². The minimum absolute atomic E-state index is 0.0116. The van der Waals surface area contributed by atoms with E-state index in [0.717, 1.165) is 42.7 Å². The Morgan fingerprint density at radius 2 is 2.21 bits per heavy atom. The first-order chi connectivity index (χ1) is 13.8. The summed E-state index contributed by atoms with van der Waals surface area (Å²) in [5.74, 6) is 0.0915. The monoisotopic (exact) mass is 415 g/mol. The number of likely N-dealkylation sites (N-methyl/N-ethyl adjacent to an activating group) is 1. The van der Waals surface area contributed by atoms with Crippen LogP contribution in [0.5, 0.6) is 0 Å². The lowest BCUT2D eigenvalue weighted by molar-refractivity contribution is -0.129. The van der Waals surface area contributed by atoms with Crippen molar-refractivity contribution >= 4 is 29.1 Å². The molecule has 0 bridgehead atoms. The van der Waals surface area contributed by atoms with Crippen LogP contribution >= 0.6 is 11.6 Å². The first kappa shape index (κ1) is 19.9. The van der Waals surface area contributed by atoms with Gasteiger partial charge in [0.1, 0.15) is 6.54 Å². The number of amides is 2. The molecule has 4 rings (SSSR count). The van der Waals surface area contributed by atoms with Crippen LogP contribution in [0.25, 0.3) is 0 Å². The van der Waals surface area contributed by atoms with Crippen molar-refractivity contribution in [3.8, 4) is 0 Å². The Bertz CT molecular complexity index is 956. The summed E-state index contributed by atoms with van der Waals surface area (Å²) in [6.07, 6.45) is 5.25. The van der Waals surface area contributed by atoms with Crippen LogP contribution in [0.3, 0.4) is 0 Å². The number of hydrogen-bond donors (Lipinski definition) is 1. The number of hydrogen-bond acceptors (Lipinski definition) is 4. The molecule has 1 aromatic heterocycles.